The van der Waals surface area contributed by atoms with E-state index in [4.69, 9.17) is 4.74 Å². The quantitative estimate of drug-likeness (QED) is 0.312. The Morgan fingerprint density at radius 1 is 1.12 bits per heavy atom. The lowest BCUT2D eigenvalue weighted by Crippen LogP contribution is -2.35. The van der Waals surface area contributed by atoms with Crippen molar-refractivity contribution in [2.24, 2.45) is 5.92 Å². The molecule has 3 aromatic rings. The minimum absolute atomic E-state index is 0.311. The Bertz CT molecular complexity index is 1160. The number of esters is 1. The number of hydrogen-bond acceptors (Lipinski definition) is 3. The predicted molar refractivity (Wildman–Crippen MR) is 139 cm³/mol. The first-order valence-electron chi connectivity index (χ1n) is 12.9. The van der Waals surface area contributed by atoms with Gasteiger partial charge in [-0.05, 0) is 72.4 Å². The second-order valence-electron chi connectivity index (χ2n) is 9.98. The summed E-state index contributed by atoms with van der Waals surface area (Å²) in [6, 6.07) is 15.8. The lowest BCUT2D eigenvalue weighted by atomic mass is 9.88. The molecule has 34 heavy (non-hydrogen) atoms. The van der Waals surface area contributed by atoms with Gasteiger partial charge in [-0.3, -0.25) is 4.90 Å². The normalized spacial score (nSPS) is 18.7. The number of hydrogen-bond donors (Lipinski definition) is 1. The first-order valence-corrected chi connectivity index (χ1v) is 12.9. The van der Waals surface area contributed by atoms with Crippen molar-refractivity contribution >= 4 is 22.9 Å². The molecule has 1 fully saturated rings. The molecule has 0 spiro atoms. The minimum atomic E-state index is -0.311. The first kappa shape index (κ1) is 22.9. The van der Waals surface area contributed by atoms with Gasteiger partial charge in [-0.15, -0.1) is 0 Å². The van der Waals surface area contributed by atoms with E-state index in [1.54, 1.807) is 0 Å². The summed E-state index contributed by atoms with van der Waals surface area (Å²) in [7, 11) is 1.41. The number of nitrogens with zero attached hydrogens (tertiary/aromatic N) is 1. The maximum Gasteiger partial charge on any atom is 0.330 e. The van der Waals surface area contributed by atoms with E-state index in [0.717, 1.165) is 30.9 Å². The fourth-order valence-corrected chi connectivity index (χ4v) is 6.01. The van der Waals surface area contributed by atoms with Gasteiger partial charge in [-0.2, -0.15) is 0 Å². The van der Waals surface area contributed by atoms with Crippen LogP contribution in [0, 0.1) is 5.92 Å². The lowest BCUT2D eigenvalue weighted by molar-refractivity contribution is -0.134. The zero-order chi connectivity index (χ0) is 23.3. The molecular weight excluding hydrogens is 420 g/mol. The molecule has 0 aliphatic heterocycles. The Balaban J connectivity index is 1.35. The van der Waals surface area contributed by atoms with Crippen molar-refractivity contribution in [3.05, 3.63) is 77.0 Å². The Morgan fingerprint density at radius 3 is 2.82 bits per heavy atom. The molecule has 178 valence electrons. The summed E-state index contributed by atoms with van der Waals surface area (Å²) in [5, 5.41) is 1.36. The van der Waals surface area contributed by atoms with Crippen LogP contribution in [-0.4, -0.2) is 36.1 Å². The number of para-hydroxylation sites is 1. The molecule has 0 saturated heterocycles. The minimum Gasteiger partial charge on any atom is -0.466 e. The summed E-state index contributed by atoms with van der Waals surface area (Å²) in [4.78, 5) is 17.7. The van der Waals surface area contributed by atoms with Gasteiger partial charge < -0.3 is 9.72 Å². The van der Waals surface area contributed by atoms with E-state index in [0.29, 0.717) is 6.04 Å². The number of fused-ring (bicyclic) bond motifs is 2. The van der Waals surface area contributed by atoms with Crippen LogP contribution in [0.4, 0.5) is 0 Å². The fraction of sp³-hybridized carbons (Fsp3) is 0.433. The van der Waals surface area contributed by atoms with Gasteiger partial charge in [-0.1, -0.05) is 55.7 Å². The molecule has 1 unspecified atom stereocenters. The van der Waals surface area contributed by atoms with Gasteiger partial charge in [0.25, 0.3) is 0 Å². The number of ether oxygens (including phenoxy) is 1. The molecule has 1 N–H and O–H groups in total. The van der Waals surface area contributed by atoms with Gasteiger partial charge in [0.15, 0.2) is 0 Å². The number of nitrogens with one attached hydrogen (secondary N) is 1. The van der Waals surface area contributed by atoms with Crippen molar-refractivity contribution in [2.75, 3.05) is 20.2 Å². The topological polar surface area (TPSA) is 45.3 Å². The second-order valence-corrected chi connectivity index (χ2v) is 9.98. The average molecular weight is 457 g/mol. The smallest absolute Gasteiger partial charge is 0.330 e. The van der Waals surface area contributed by atoms with Crippen molar-refractivity contribution < 1.29 is 9.53 Å². The van der Waals surface area contributed by atoms with E-state index >= 15 is 0 Å². The first-order chi connectivity index (χ1) is 16.7. The number of methoxy groups -OCH3 is 1. The summed E-state index contributed by atoms with van der Waals surface area (Å²) >= 11 is 0. The Hall–Kier alpha value is -2.85. The Labute approximate surface area is 203 Å². The van der Waals surface area contributed by atoms with Crippen LogP contribution in [0.2, 0.25) is 0 Å². The van der Waals surface area contributed by atoms with Crippen molar-refractivity contribution in [2.45, 2.75) is 57.4 Å². The molecule has 2 aliphatic carbocycles. The van der Waals surface area contributed by atoms with Crippen molar-refractivity contribution in [3.8, 4) is 0 Å². The summed E-state index contributed by atoms with van der Waals surface area (Å²) < 4.78 is 4.73. The van der Waals surface area contributed by atoms with Crippen LogP contribution < -0.4 is 0 Å². The third-order valence-electron chi connectivity index (χ3n) is 7.83. The molecule has 1 saturated carbocycles. The second kappa shape index (κ2) is 10.6. The van der Waals surface area contributed by atoms with E-state index in [2.05, 4.69) is 58.5 Å². The highest BCUT2D eigenvalue weighted by molar-refractivity contribution is 5.87. The van der Waals surface area contributed by atoms with Crippen molar-refractivity contribution in [1.82, 2.24) is 9.88 Å². The highest BCUT2D eigenvalue weighted by Crippen LogP contribution is 2.38. The van der Waals surface area contributed by atoms with Crippen LogP contribution in [-0.2, 0) is 22.4 Å². The molecule has 2 aliphatic rings. The lowest BCUT2D eigenvalue weighted by Gasteiger charge is -2.34. The van der Waals surface area contributed by atoms with Crippen LogP contribution >= 0.6 is 0 Å². The number of aromatic nitrogens is 1. The van der Waals surface area contributed by atoms with Crippen molar-refractivity contribution in [3.63, 3.8) is 0 Å². The number of aryl methyl sites for hydroxylation is 1. The highest BCUT2D eigenvalue weighted by Gasteiger charge is 2.30. The van der Waals surface area contributed by atoms with Gasteiger partial charge in [0.1, 0.15) is 0 Å². The van der Waals surface area contributed by atoms with E-state index < -0.39 is 0 Å². The van der Waals surface area contributed by atoms with Gasteiger partial charge in [0, 0.05) is 42.3 Å². The molecule has 0 amide bonds. The third kappa shape index (κ3) is 5.12. The summed E-state index contributed by atoms with van der Waals surface area (Å²) in [6.07, 6.45) is 15.8. The van der Waals surface area contributed by atoms with Gasteiger partial charge >= 0.3 is 5.97 Å². The van der Waals surface area contributed by atoms with Gasteiger partial charge in [-0.25, -0.2) is 4.79 Å². The molecule has 0 bridgehead atoms. The van der Waals surface area contributed by atoms with E-state index in [1.807, 2.05) is 6.08 Å². The fourth-order valence-electron chi connectivity index (χ4n) is 6.01. The molecular formula is C30H36N2O2. The van der Waals surface area contributed by atoms with Crippen LogP contribution in [0.1, 0.15) is 66.8 Å². The van der Waals surface area contributed by atoms with E-state index in [9.17, 15) is 4.79 Å². The summed E-state index contributed by atoms with van der Waals surface area (Å²) in [5.74, 6) is 0.511. The van der Waals surface area contributed by atoms with Crippen LogP contribution in [0.5, 0.6) is 0 Å². The third-order valence-corrected chi connectivity index (χ3v) is 7.83. The Kier molecular flexibility index (Phi) is 7.15. The Morgan fingerprint density at radius 2 is 1.97 bits per heavy atom. The molecule has 5 rings (SSSR count). The number of aromatic amines is 1. The number of carbonyl (C=O) groups excluding carboxylic acids is 1. The number of benzene rings is 2. The van der Waals surface area contributed by atoms with Gasteiger partial charge in [0.05, 0.1) is 7.11 Å². The molecule has 0 radical (unpaired) electrons. The number of carbonyl (C=O) groups is 1. The molecule has 1 atom stereocenters. The standard InChI is InChI=1S/C30H36N2O2/c1-34-30(33)16-12-22-11-14-27-24(19-22)13-15-29(27)32(21-23-7-3-2-4-8-23)18-17-25-20-31-28-10-6-5-9-26(25)28/h5-6,9-12,14,16,19-20,23,29,31H,2-4,7-8,13,15,17-18,21H2,1H3/b16-12+. The summed E-state index contributed by atoms with van der Waals surface area (Å²) in [5.41, 5.74) is 6.63. The van der Waals surface area contributed by atoms with Crippen LogP contribution in [0.3, 0.4) is 0 Å². The van der Waals surface area contributed by atoms with Crippen LogP contribution in [0.15, 0.2) is 54.7 Å². The van der Waals surface area contributed by atoms with Crippen molar-refractivity contribution in [1.29, 1.82) is 0 Å². The molecule has 4 heteroatoms. The SMILES string of the molecule is COC(=O)/C=C/c1ccc2c(c1)CCC2N(CCc1c[nH]c2ccccc12)CC1CCCCC1. The maximum absolute atomic E-state index is 11.5. The van der Waals surface area contributed by atoms with E-state index in [1.165, 1.54) is 85.8 Å². The monoisotopic (exact) mass is 456 g/mol. The van der Waals surface area contributed by atoms with E-state index in [-0.39, 0.29) is 5.97 Å². The maximum atomic E-state index is 11.5. The van der Waals surface area contributed by atoms with Gasteiger partial charge in [0.2, 0.25) is 0 Å². The molecule has 4 nitrogen and oxygen atoms in total. The predicted octanol–water partition coefficient (Wildman–Crippen LogP) is 6.47. The zero-order valence-electron chi connectivity index (χ0n) is 20.3. The largest absolute Gasteiger partial charge is 0.466 e. The molecule has 2 aromatic carbocycles. The molecule has 1 aromatic heterocycles. The average Bonchev–Trinajstić information content (AvgIpc) is 3.49. The molecule has 1 heterocycles. The number of rotatable bonds is 8. The highest BCUT2D eigenvalue weighted by atomic mass is 16.5. The number of H-pyrrole nitrogens is 1. The summed E-state index contributed by atoms with van der Waals surface area (Å²) in [6.45, 7) is 2.29. The zero-order valence-corrected chi connectivity index (χ0v) is 20.3. The van der Waals surface area contributed by atoms with Crippen LogP contribution in [0.25, 0.3) is 17.0 Å².